The second-order valence-electron chi connectivity index (χ2n) is 7.37. The summed E-state index contributed by atoms with van der Waals surface area (Å²) in [4.78, 5) is 37.0. The standard InChI is InChI=1S/C22H24N6O2/c1-15(29)24-17-8-6-16(7-9-17)22(30)28-12-10-27(11-13-28)14-20-25-19-5-3-2-4-18(19)21(23)26-20/h2-9H,10-14H2,1H3,(H,24,29)(H2,23,25,26). The van der Waals surface area contributed by atoms with E-state index >= 15 is 0 Å². The Morgan fingerprint density at radius 2 is 1.70 bits per heavy atom. The minimum atomic E-state index is -0.137. The Labute approximate surface area is 174 Å². The molecular weight excluding hydrogens is 380 g/mol. The number of benzene rings is 2. The highest BCUT2D eigenvalue weighted by molar-refractivity contribution is 5.95. The molecule has 1 aliphatic heterocycles. The van der Waals surface area contributed by atoms with E-state index in [0.717, 1.165) is 24.0 Å². The van der Waals surface area contributed by atoms with Crippen LogP contribution in [0.15, 0.2) is 48.5 Å². The molecule has 4 rings (SSSR count). The lowest BCUT2D eigenvalue weighted by molar-refractivity contribution is -0.114. The number of nitrogens with two attached hydrogens (primary N) is 1. The predicted molar refractivity (Wildman–Crippen MR) is 116 cm³/mol. The molecule has 8 heteroatoms. The summed E-state index contributed by atoms with van der Waals surface area (Å²) in [6.07, 6.45) is 0. The number of anilines is 2. The van der Waals surface area contributed by atoms with Crippen LogP contribution in [0.2, 0.25) is 0 Å². The molecule has 0 radical (unpaired) electrons. The summed E-state index contributed by atoms with van der Waals surface area (Å²) < 4.78 is 0. The summed E-state index contributed by atoms with van der Waals surface area (Å²) in [5.74, 6) is 1.05. The van der Waals surface area contributed by atoms with Crippen LogP contribution in [-0.2, 0) is 11.3 Å². The lowest BCUT2D eigenvalue weighted by atomic mass is 10.1. The Balaban J connectivity index is 1.35. The molecule has 1 aromatic heterocycles. The number of carbonyl (C=O) groups excluding carboxylic acids is 2. The molecule has 0 unspecified atom stereocenters. The van der Waals surface area contributed by atoms with Crippen molar-refractivity contribution in [2.24, 2.45) is 0 Å². The summed E-state index contributed by atoms with van der Waals surface area (Å²) in [7, 11) is 0. The van der Waals surface area contributed by atoms with Gasteiger partial charge in [0.05, 0.1) is 12.1 Å². The number of hydrogen-bond donors (Lipinski definition) is 2. The molecule has 0 atom stereocenters. The summed E-state index contributed by atoms with van der Waals surface area (Å²) >= 11 is 0. The van der Waals surface area contributed by atoms with E-state index in [9.17, 15) is 9.59 Å². The molecule has 0 spiro atoms. The predicted octanol–water partition coefficient (Wildman–Crippen LogP) is 2.13. The zero-order valence-corrected chi connectivity index (χ0v) is 16.8. The second kappa shape index (κ2) is 8.46. The first kappa shape index (κ1) is 19.8. The number of carbonyl (C=O) groups is 2. The van der Waals surface area contributed by atoms with Crippen LogP contribution in [0.3, 0.4) is 0 Å². The van der Waals surface area contributed by atoms with Crippen molar-refractivity contribution in [3.05, 3.63) is 59.9 Å². The van der Waals surface area contributed by atoms with E-state index in [2.05, 4.69) is 20.2 Å². The van der Waals surface area contributed by atoms with Crippen molar-refractivity contribution in [3.8, 4) is 0 Å². The van der Waals surface area contributed by atoms with Crippen LogP contribution in [0.1, 0.15) is 23.1 Å². The number of hydrogen-bond acceptors (Lipinski definition) is 6. The van der Waals surface area contributed by atoms with Gasteiger partial charge in [0.1, 0.15) is 11.6 Å². The number of nitrogens with one attached hydrogen (secondary N) is 1. The molecule has 3 aromatic rings. The molecule has 0 bridgehead atoms. The van der Waals surface area contributed by atoms with Crippen molar-refractivity contribution in [1.29, 1.82) is 0 Å². The largest absolute Gasteiger partial charge is 0.383 e. The molecule has 30 heavy (non-hydrogen) atoms. The number of aromatic nitrogens is 2. The SMILES string of the molecule is CC(=O)Nc1ccc(C(=O)N2CCN(Cc3nc(N)c4ccccc4n3)CC2)cc1. The van der Waals surface area contributed by atoms with E-state index in [1.54, 1.807) is 24.3 Å². The summed E-state index contributed by atoms with van der Waals surface area (Å²) in [5, 5.41) is 3.57. The van der Waals surface area contributed by atoms with Gasteiger partial charge in [0.15, 0.2) is 0 Å². The van der Waals surface area contributed by atoms with Crippen LogP contribution >= 0.6 is 0 Å². The van der Waals surface area contributed by atoms with Crippen LogP contribution in [-0.4, -0.2) is 57.8 Å². The minimum absolute atomic E-state index is 0.00442. The van der Waals surface area contributed by atoms with Gasteiger partial charge in [-0.05, 0) is 36.4 Å². The van der Waals surface area contributed by atoms with Crippen molar-refractivity contribution >= 4 is 34.2 Å². The molecule has 1 saturated heterocycles. The van der Waals surface area contributed by atoms with Crippen molar-refractivity contribution in [2.75, 3.05) is 37.2 Å². The summed E-state index contributed by atoms with van der Waals surface area (Å²) in [5.41, 5.74) is 8.22. The summed E-state index contributed by atoms with van der Waals surface area (Å²) in [6.45, 7) is 4.81. The van der Waals surface area contributed by atoms with Gasteiger partial charge in [0, 0.05) is 49.7 Å². The maximum absolute atomic E-state index is 12.8. The highest BCUT2D eigenvalue weighted by Gasteiger charge is 2.23. The lowest BCUT2D eigenvalue weighted by Gasteiger charge is -2.34. The average Bonchev–Trinajstić information content (AvgIpc) is 2.74. The number of para-hydroxylation sites is 1. The molecule has 2 amide bonds. The third-order valence-corrected chi connectivity index (χ3v) is 5.16. The molecule has 8 nitrogen and oxygen atoms in total. The number of nitrogen functional groups attached to an aromatic ring is 1. The number of rotatable bonds is 4. The van der Waals surface area contributed by atoms with Crippen molar-refractivity contribution in [3.63, 3.8) is 0 Å². The summed E-state index contributed by atoms with van der Waals surface area (Å²) in [6, 6.07) is 14.7. The van der Waals surface area contributed by atoms with Gasteiger partial charge in [-0.1, -0.05) is 12.1 Å². The van der Waals surface area contributed by atoms with Gasteiger partial charge in [0.2, 0.25) is 5.91 Å². The van der Waals surface area contributed by atoms with Gasteiger partial charge in [0.25, 0.3) is 5.91 Å². The van der Waals surface area contributed by atoms with Gasteiger partial charge >= 0.3 is 0 Å². The number of amides is 2. The first-order chi connectivity index (χ1) is 14.5. The van der Waals surface area contributed by atoms with Crippen LogP contribution in [0, 0.1) is 0 Å². The second-order valence-corrected chi connectivity index (χ2v) is 7.37. The molecule has 2 aromatic carbocycles. The van der Waals surface area contributed by atoms with Gasteiger partial charge in [-0.15, -0.1) is 0 Å². The Kier molecular flexibility index (Phi) is 5.58. The van der Waals surface area contributed by atoms with Crippen LogP contribution < -0.4 is 11.1 Å². The van der Waals surface area contributed by atoms with E-state index < -0.39 is 0 Å². The Morgan fingerprint density at radius 1 is 1.00 bits per heavy atom. The topological polar surface area (TPSA) is 104 Å². The minimum Gasteiger partial charge on any atom is -0.383 e. The van der Waals surface area contributed by atoms with E-state index in [4.69, 9.17) is 5.73 Å². The molecular formula is C22H24N6O2. The van der Waals surface area contributed by atoms with Crippen molar-refractivity contribution < 1.29 is 9.59 Å². The zero-order chi connectivity index (χ0) is 21.1. The lowest BCUT2D eigenvalue weighted by Crippen LogP contribution is -2.48. The van der Waals surface area contributed by atoms with Crippen LogP contribution in [0.25, 0.3) is 10.9 Å². The Hall–Kier alpha value is -3.52. The fourth-order valence-electron chi connectivity index (χ4n) is 3.61. The molecule has 154 valence electrons. The smallest absolute Gasteiger partial charge is 0.253 e. The molecule has 1 aliphatic rings. The number of fused-ring (bicyclic) bond motifs is 1. The van der Waals surface area contributed by atoms with Crippen molar-refractivity contribution in [2.45, 2.75) is 13.5 Å². The maximum atomic E-state index is 12.8. The normalized spacial score (nSPS) is 14.6. The molecule has 1 fully saturated rings. The highest BCUT2D eigenvalue weighted by atomic mass is 16.2. The fraction of sp³-hybridized carbons (Fsp3) is 0.273. The Bertz CT molecular complexity index is 1070. The van der Waals surface area contributed by atoms with Gasteiger partial charge in [-0.2, -0.15) is 0 Å². The fourth-order valence-corrected chi connectivity index (χ4v) is 3.61. The van der Waals surface area contributed by atoms with Crippen LogP contribution in [0.5, 0.6) is 0 Å². The third kappa shape index (κ3) is 4.38. The van der Waals surface area contributed by atoms with Gasteiger partial charge in [-0.25, -0.2) is 9.97 Å². The highest BCUT2D eigenvalue weighted by Crippen LogP contribution is 2.18. The van der Waals surface area contributed by atoms with E-state index in [1.807, 2.05) is 29.2 Å². The quantitative estimate of drug-likeness (QED) is 0.690. The maximum Gasteiger partial charge on any atom is 0.253 e. The van der Waals surface area contributed by atoms with Crippen LogP contribution in [0.4, 0.5) is 11.5 Å². The van der Waals surface area contributed by atoms with Crippen molar-refractivity contribution in [1.82, 2.24) is 19.8 Å². The molecule has 0 saturated carbocycles. The average molecular weight is 404 g/mol. The first-order valence-corrected chi connectivity index (χ1v) is 9.90. The Morgan fingerprint density at radius 3 is 2.40 bits per heavy atom. The zero-order valence-electron chi connectivity index (χ0n) is 16.8. The number of nitrogens with zero attached hydrogens (tertiary/aromatic N) is 4. The van der Waals surface area contributed by atoms with E-state index in [1.165, 1.54) is 6.92 Å². The first-order valence-electron chi connectivity index (χ1n) is 9.90. The monoisotopic (exact) mass is 404 g/mol. The van der Waals surface area contributed by atoms with E-state index in [0.29, 0.717) is 42.5 Å². The molecule has 0 aliphatic carbocycles. The van der Waals surface area contributed by atoms with E-state index in [-0.39, 0.29) is 11.8 Å². The number of piperazine rings is 1. The third-order valence-electron chi connectivity index (χ3n) is 5.16. The molecule has 3 N–H and O–H groups in total. The van der Waals surface area contributed by atoms with Gasteiger partial charge in [-0.3, -0.25) is 14.5 Å². The van der Waals surface area contributed by atoms with Gasteiger partial charge < -0.3 is 16.0 Å². The molecule has 2 heterocycles.